The molecule has 3 nitrogen and oxygen atoms in total. The molecule has 0 aromatic heterocycles. The Morgan fingerprint density at radius 1 is 1.67 bits per heavy atom. The minimum absolute atomic E-state index is 0.596. The van der Waals surface area contributed by atoms with Gasteiger partial charge >= 0.3 is 5.97 Å². The van der Waals surface area contributed by atoms with E-state index >= 15 is 0 Å². The third-order valence-electron chi connectivity index (χ3n) is 2.08. The lowest BCUT2D eigenvalue weighted by Crippen LogP contribution is -2.35. The van der Waals surface area contributed by atoms with E-state index in [1.54, 1.807) is 13.8 Å². The van der Waals surface area contributed by atoms with E-state index in [0.717, 1.165) is 13.0 Å². The van der Waals surface area contributed by atoms with Gasteiger partial charge in [-0.15, -0.1) is 0 Å². The Morgan fingerprint density at radius 2 is 2.33 bits per heavy atom. The van der Waals surface area contributed by atoms with Crippen molar-refractivity contribution < 1.29 is 9.90 Å². The fourth-order valence-electron chi connectivity index (χ4n) is 1.25. The van der Waals surface area contributed by atoms with Gasteiger partial charge < -0.3 is 10.0 Å². The first kappa shape index (κ1) is 9.10. The first-order valence-corrected chi connectivity index (χ1v) is 4.16. The molecule has 0 saturated heterocycles. The molecule has 1 rings (SSSR count). The molecule has 0 spiro atoms. The van der Waals surface area contributed by atoms with Crippen LogP contribution in [0.1, 0.15) is 20.3 Å². The lowest BCUT2D eigenvalue weighted by molar-refractivity contribution is -0.147. The second-order valence-corrected chi connectivity index (χ2v) is 3.83. The highest BCUT2D eigenvalue weighted by atomic mass is 16.4. The van der Waals surface area contributed by atoms with E-state index in [1.165, 1.54) is 0 Å². The molecule has 0 aromatic rings. The molecular formula is C9H15NO2. The van der Waals surface area contributed by atoms with Crippen molar-refractivity contribution in [2.45, 2.75) is 20.3 Å². The topological polar surface area (TPSA) is 40.5 Å². The van der Waals surface area contributed by atoms with Crippen LogP contribution in [-0.4, -0.2) is 29.1 Å². The molecule has 1 aliphatic heterocycles. The van der Waals surface area contributed by atoms with Crippen molar-refractivity contribution in [2.24, 2.45) is 5.41 Å². The summed E-state index contributed by atoms with van der Waals surface area (Å²) in [6.07, 6.45) is 5.08. The largest absolute Gasteiger partial charge is 0.481 e. The first-order chi connectivity index (χ1) is 5.52. The van der Waals surface area contributed by atoms with Gasteiger partial charge in [0.2, 0.25) is 0 Å². The van der Waals surface area contributed by atoms with E-state index in [0.29, 0.717) is 6.54 Å². The maximum absolute atomic E-state index is 10.8. The fraction of sp³-hybridized carbons (Fsp3) is 0.667. The van der Waals surface area contributed by atoms with E-state index in [9.17, 15) is 4.79 Å². The maximum atomic E-state index is 10.8. The molecule has 0 unspecified atom stereocenters. The van der Waals surface area contributed by atoms with Crippen LogP contribution in [0, 0.1) is 5.41 Å². The monoisotopic (exact) mass is 169 g/mol. The summed E-state index contributed by atoms with van der Waals surface area (Å²) in [4.78, 5) is 12.8. The van der Waals surface area contributed by atoms with Crippen molar-refractivity contribution in [2.75, 3.05) is 13.1 Å². The Kier molecular flexibility index (Phi) is 2.40. The highest BCUT2D eigenvalue weighted by molar-refractivity contribution is 5.73. The zero-order chi connectivity index (χ0) is 9.19. The lowest BCUT2D eigenvalue weighted by atomic mass is 9.93. The Balaban J connectivity index is 2.48. The highest BCUT2D eigenvalue weighted by Gasteiger charge is 2.29. The quantitative estimate of drug-likeness (QED) is 0.692. The molecule has 0 amide bonds. The van der Waals surface area contributed by atoms with Crippen LogP contribution in [0.4, 0.5) is 0 Å². The Bertz CT molecular complexity index is 209. The molecule has 0 fully saturated rings. The number of aliphatic carboxylic acids is 1. The van der Waals surface area contributed by atoms with Gasteiger partial charge in [-0.1, -0.05) is 6.08 Å². The summed E-state index contributed by atoms with van der Waals surface area (Å²) in [7, 11) is 0. The lowest BCUT2D eigenvalue weighted by Gasteiger charge is -2.26. The third-order valence-corrected chi connectivity index (χ3v) is 2.08. The minimum Gasteiger partial charge on any atom is -0.481 e. The summed E-state index contributed by atoms with van der Waals surface area (Å²) in [5.41, 5.74) is -0.644. The van der Waals surface area contributed by atoms with E-state index in [2.05, 4.69) is 6.08 Å². The second kappa shape index (κ2) is 3.17. The molecule has 0 saturated carbocycles. The molecule has 68 valence electrons. The summed E-state index contributed by atoms with van der Waals surface area (Å²) in [5.74, 6) is -0.734. The van der Waals surface area contributed by atoms with Gasteiger partial charge in [0.05, 0.1) is 5.41 Å². The highest BCUT2D eigenvalue weighted by Crippen LogP contribution is 2.19. The number of hydrogen-bond acceptors (Lipinski definition) is 2. The van der Waals surface area contributed by atoms with Crippen molar-refractivity contribution >= 4 is 5.97 Å². The van der Waals surface area contributed by atoms with Crippen LogP contribution in [0.3, 0.4) is 0 Å². The van der Waals surface area contributed by atoms with Crippen molar-refractivity contribution in [1.82, 2.24) is 4.90 Å². The van der Waals surface area contributed by atoms with Crippen molar-refractivity contribution in [1.29, 1.82) is 0 Å². The van der Waals surface area contributed by atoms with Crippen LogP contribution >= 0.6 is 0 Å². The Labute approximate surface area is 72.7 Å². The van der Waals surface area contributed by atoms with Gasteiger partial charge in [0.25, 0.3) is 0 Å². The summed E-state index contributed by atoms with van der Waals surface area (Å²) in [6.45, 7) is 5.05. The normalized spacial score (nSPS) is 17.0. The number of carboxylic acids is 1. The smallest absolute Gasteiger partial charge is 0.310 e. The van der Waals surface area contributed by atoms with Crippen molar-refractivity contribution in [3.05, 3.63) is 12.3 Å². The van der Waals surface area contributed by atoms with E-state index in [-0.39, 0.29) is 0 Å². The van der Waals surface area contributed by atoms with Crippen LogP contribution in [0.5, 0.6) is 0 Å². The van der Waals surface area contributed by atoms with Crippen LogP contribution in [0.2, 0.25) is 0 Å². The molecule has 0 radical (unpaired) electrons. The maximum Gasteiger partial charge on any atom is 0.310 e. The number of carboxylic acid groups (broad SMARTS) is 1. The van der Waals surface area contributed by atoms with E-state index in [4.69, 9.17) is 5.11 Å². The molecule has 1 N–H and O–H groups in total. The number of rotatable bonds is 3. The number of carbonyl (C=O) groups is 1. The van der Waals surface area contributed by atoms with Crippen molar-refractivity contribution in [3.63, 3.8) is 0 Å². The van der Waals surface area contributed by atoms with Crippen LogP contribution in [-0.2, 0) is 4.79 Å². The average molecular weight is 169 g/mol. The zero-order valence-corrected chi connectivity index (χ0v) is 7.58. The second-order valence-electron chi connectivity index (χ2n) is 3.83. The molecule has 3 heteroatoms. The van der Waals surface area contributed by atoms with Gasteiger partial charge in [-0.25, -0.2) is 0 Å². The third kappa shape index (κ3) is 2.00. The van der Waals surface area contributed by atoms with Crippen molar-refractivity contribution in [3.8, 4) is 0 Å². The fourth-order valence-corrected chi connectivity index (χ4v) is 1.25. The number of hydrogen-bond donors (Lipinski definition) is 1. The molecule has 1 aliphatic rings. The van der Waals surface area contributed by atoms with Crippen LogP contribution in [0.15, 0.2) is 12.3 Å². The van der Waals surface area contributed by atoms with E-state index in [1.807, 2.05) is 11.1 Å². The van der Waals surface area contributed by atoms with Gasteiger partial charge in [-0.3, -0.25) is 4.79 Å². The molecule has 0 aliphatic carbocycles. The summed E-state index contributed by atoms with van der Waals surface area (Å²) in [6, 6.07) is 0. The molecule has 0 aromatic carbocycles. The molecule has 0 bridgehead atoms. The molecule has 1 heterocycles. The molecule has 0 atom stereocenters. The standard InChI is InChI=1S/C9H15NO2/c1-9(2,8(11)12)7-10-5-3-4-6-10/h3,5H,4,6-7H2,1-2H3,(H,11,12). The zero-order valence-electron chi connectivity index (χ0n) is 7.58. The first-order valence-electron chi connectivity index (χ1n) is 4.16. The van der Waals surface area contributed by atoms with Gasteiger partial charge in [-0.05, 0) is 26.5 Å². The van der Waals surface area contributed by atoms with Gasteiger partial charge in [0.15, 0.2) is 0 Å². The van der Waals surface area contributed by atoms with Crippen LogP contribution in [0.25, 0.3) is 0 Å². The predicted molar refractivity (Wildman–Crippen MR) is 46.7 cm³/mol. The van der Waals surface area contributed by atoms with E-state index < -0.39 is 11.4 Å². The van der Waals surface area contributed by atoms with Gasteiger partial charge in [0, 0.05) is 13.1 Å². The Morgan fingerprint density at radius 3 is 2.75 bits per heavy atom. The summed E-state index contributed by atoms with van der Waals surface area (Å²) >= 11 is 0. The van der Waals surface area contributed by atoms with Gasteiger partial charge in [0.1, 0.15) is 0 Å². The SMILES string of the molecule is CC(C)(CN1C=CCC1)C(=O)O. The molecular weight excluding hydrogens is 154 g/mol. The summed E-state index contributed by atoms with van der Waals surface area (Å²) < 4.78 is 0. The Hall–Kier alpha value is -0.990. The molecule has 12 heavy (non-hydrogen) atoms. The van der Waals surface area contributed by atoms with Crippen LogP contribution < -0.4 is 0 Å². The number of nitrogens with zero attached hydrogens (tertiary/aromatic N) is 1. The average Bonchev–Trinajstić information content (AvgIpc) is 2.38. The summed E-state index contributed by atoms with van der Waals surface area (Å²) in [5, 5.41) is 8.85. The minimum atomic E-state index is -0.734. The van der Waals surface area contributed by atoms with Gasteiger partial charge in [-0.2, -0.15) is 0 Å². The predicted octanol–water partition coefficient (Wildman–Crippen LogP) is 1.32.